The molecule has 0 saturated heterocycles. The molecule has 0 aliphatic rings. The van der Waals surface area contributed by atoms with E-state index in [9.17, 15) is 9.59 Å². The molecule has 0 spiro atoms. The van der Waals surface area contributed by atoms with Crippen LogP contribution in [0.1, 0.15) is 35.0 Å². The van der Waals surface area contributed by atoms with Crippen LogP contribution in [0.25, 0.3) is 0 Å². The van der Waals surface area contributed by atoms with Gasteiger partial charge in [0, 0.05) is 26.6 Å². The van der Waals surface area contributed by atoms with Gasteiger partial charge in [0.2, 0.25) is 5.91 Å². The van der Waals surface area contributed by atoms with Gasteiger partial charge < -0.3 is 14.6 Å². The number of furan rings is 1. The number of hydrogen-bond donors (Lipinski definition) is 1. The highest BCUT2D eigenvalue weighted by Crippen LogP contribution is 2.08. The fraction of sp³-hybridized carbons (Fsp3) is 0.333. The van der Waals surface area contributed by atoms with Gasteiger partial charge in [0.1, 0.15) is 0 Å². The number of nitrogens with zero attached hydrogens (tertiary/aromatic N) is 1. The van der Waals surface area contributed by atoms with Crippen LogP contribution in [-0.2, 0) is 17.8 Å². The van der Waals surface area contributed by atoms with Crippen molar-refractivity contribution in [3.8, 4) is 0 Å². The van der Waals surface area contributed by atoms with Crippen molar-refractivity contribution in [2.24, 2.45) is 0 Å². The fourth-order valence-corrected chi connectivity index (χ4v) is 2.21. The Morgan fingerprint density at radius 3 is 2.43 bits per heavy atom. The molecule has 0 aliphatic carbocycles. The lowest BCUT2D eigenvalue weighted by Gasteiger charge is -2.17. The van der Waals surface area contributed by atoms with Crippen LogP contribution in [0.3, 0.4) is 0 Å². The molecule has 5 heteroatoms. The van der Waals surface area contributed by atoms with E-state index >= 15 is 0 Å². The molecule has 2 amide bonds. The number of benzene rings is 1. The Labute approximate surface area is 136 Å². The second kappa shape index (κ2) is 8.17. The van der Waals surface area contributed by atoms with Gasteiger partial charge in [0.15, 0.2) is 5.76 Å². The monoisotopic (exact) mass is 314 g/mol. The van der Waals surface area contributed by atoms with Crippen LogP contribution in [0.4, 0.5) is 0 Å². The van der Waals surface area contributed by atoms with Crippen molar-refractivity contribution < 1.29 is 14.0 Å². The molecule has 0 saturated carbocycles. The molecule has 1 N–H and O–H groups in total. The standard InChI is InChI=1S/C18H22N2O3/c1-3-14-6-8-15(9-7-14)13-20(2)17(21)10-11-19-18(22)16-5-4-12-23-16/h4-9,12H,3,10-11,13H2,1-2H3,(H,19,22). The summed E-state index contributed by atoms with van der Waals surface area (Å²) in [5.41, 5.74) is 2.38. The van der Waals surface area contributed by atoms with Crippen LogP contribution in [0, 0.1) is 0 Å². The molecule has 5 nitrogen and oxygen atoms in total. The highest BCUT2D eigenvalue weighted by Gasteiger charge is 2.11. The zero-order valence-corrected chi connectivity index (χ0v) is 13.5. The Bertz CT molecular complexity index is 633. The van der Waals surface area contributed by atoms with E-state index in [1.54, 1.807) is 24.1 Å². The van der Waals surface area contributed by atoms with Crippen molar-refractivity contribution in [2.45, 2.75) is 26.3 Å². The molecule has 1 heterocycles. The molecular weight excluding hydrogens is 292 g/mol. The quantitative estimate of drug-likeness (QED) is 0.854. The number of amides is 2. The first kappa shape index (κ1) is 16.8. The number of hydrogen-bond acceptors (Lipinski definition) is 3. The van der Waals surface area contributed by atoms with E-state index in [0.717, 1.165) is 12.0 Å². The summed E-state index contributed by atoms with van der Waals surface area (Å²) in [5.74, 6) is -0.0632. The molecule has 122 valence electrons. The van der Waals surface area contributed by atoms with Gasteiger partial charge in [-0.15, -0.1) is 0 Å². The third-order valence-electron chi connectivity index (χ3n) is 3.65. The van der Waals surface area contributed by atoms with Crippen molar-refractivity contribution in [3.63, 3.8) is 0 Å². The van der Waals surface area contributed by atoms with Crippen molar-refractivity contribution >= 4 is 11.8 Å². The highest BCUT2D eigenvalue weighted by molar-refractivity contribution is 5.91. The fourth-order valence-electron chi connectivity index (χ4n) is 2.21. The van der Waals surface area contributed by atoms with Gasteiger partial charge in [-0.2, -0.15) is 0 Å². The number of nitrogens with one attached hydrogen (secondary N) is 1. The van der Waals surface area contributed by atoms with Crippen molar-refractivity contribution in [3.05, 3.63) is 59.5 Å². The second-order valence-electron chi connectivity index (χ2n) is 5.40. The van der Waals surface area contributed by atoms with Crippen LogP contribution in [0.15, 0.2) is 47.1 Å². The Morgan fingerprint density at radius 1 is 1.13 bits per heavy atom. The van der Waals surface area contributed by atoms with Gasteiger partial charge in [-0.05, 0) is 29.7 Å². The van der Waals surface area contributed by atoms with Gasteiger partial charge in [-0.3, -0.25) is 9.59 Å². The van der Waals surface area contributed by atoms with E-state index < -0.39 is 0 Å². The maximum absolute atomic E-state index is 12.1. The lowest BCUT2D eigenvalue weighted by Crippen LogP contribution is -2.31. The average molecular weight is 314 g/mol. The largest absolute Gasteiger partial charge is 0.459 e. The molecule has 1 aromatic heterocycles. The van der Waals surface area contributed by atoms with E-state index in [1.165, 1.54) is 11.8 Å². The van der Waals surface area contributed by atoms with Crippen LogP contribution in [-0.4, -0.2) is 30.3 Å². The normalized spacial score (nSPS) is 10.3. The number of aryl methyl sites for hydroxylation is 1. The number of rotatable bonds is 7. The predicted molar refractivity (Wildman–Crippen MR) is 88.0 cm³/mol. The lowest BCUT2D eigenvalue weighted by molar-refractivity contribution is -0.130. The lowest BCUT2D eigenvalue weighted by atomic mass is 10.1. The topological polar surface area (TPSA) is 62.6 Å². The molecule has 1 aromatic carbocycles. The first-order valence-electron chi connectivity index (χ1n) is 7.73. The molecular formula is C18H22N2O3. The minimum absolute atomic E-state index is 0.00990. The van der Waals surface area contributed by atoms with Crippen molar-refractivity contribution in [1.29, 1.82) is 0 Å². The van der Waals surface area contributed by atoms with E-state index in [4.69, 9.17) is 4.42 Å². The van der Waals surface area contributed by atoms with Gasteiger partial charge >= 0.3 is 0 Å². The van der Waals surface area contributed by atoms with Crippen LogP contribution in [0.5, 0.6) is 0 Å². The Hall–Kier alpha value is -2.56. The molecule has 0 radical (unpaired) electrons. The SMILES string of the molecule is CCc1ccc(CN(C)C(=O)CCNC(=O)c2ccco2)cc1. The Balaban J connectivity index is 1.75. The number of carbonyl (C=O) groups is 2. The maximum Gasteiger partial charge on any atom is 0.286 e. The summed E-state index contributed by atoms with van der Waals surface area (Å²) in [6.07, 6.45) is 2.71. The highest BCUT2D eigenvalue weighted by atomic mass is 16.3. The summed E-state index contributed by atoms with van der Waals surface area (Å²) < 4.78 is 4.99. The summed E-state index contributed by atoms with van der Waals surface area (Å²) in [6.45, 7) is 2.97. The van der Waals surface area contributed by atoms with E-state index in [2.05, 4.69) is 24.4 Å². The van der Waals surface area contributed by atoms with E-state index in [-0.39, 0.29) is 30.5 Å². The predicted octanol–water partition coefficient (Wildman–Crippen LogP) is 2.62. The van der Waals surface area contributed by atoms with Gasteiger partial charge in [-0.25, -0.2) is 0 Å². The van der Waals surface area contributed by atoms with Crippen molar-refractivity contribution in [1.82, 2.24) is 10.2 Å². The summed E-state index contributed by atoms with van der Waals surface area (Å²) in [6, 6.07) is 11.5. The number of carbonyl (C=O) groups excluding carboxylic acids is 2. The van der Waals surface area contributed by atoms with Crippen molar-refractivity contribution in [2.75, 3.05) is 13.6 Å². The third-order valence-corrected chi connectivity index (χ3v) is 3.65. The molecule has 2 aromatic rings. The maximum atomic E-state index is 12.1. The van der Waals surface area contributed by atoms with Gasteiger partial charge in [0.05, 0.1) is 6.26 Å². The molecule has 23 heavy (non-hydrogen) atoms. The van der Waals surface area contributed by atoms with Gasteiger partial charge in [-0.1, -0.05) is 31.2 Å². The van der Waals surface area contributed by atoms with Gasteiger partial charge in [0.25, 0.3) is 5.91 Å². The molecule has 0 unspecified atom stereocenters. The Kier molecular flexibility index (Phi) is 5.97. The summed E-state index contributed by atoms with van der Waals surface area (Å²) >= 11 is 0. The summed E-state index contributed by atoms with van der Waals surface area (Å²) in [5, 5.41) is 2.67. The van der Waals surface area contributed by atoms with Crippen LogP contribution < -0.4 is 5.32 Å². The second-order valence-corrected chi connectivity index (χ2v) is 5.40. The van der Waals surface area contributed by atoms with Crippen LogP contribution in [0.2, 0.25) is 0 Å². The molecule has 0 fully saturated rings. The minimum atomic E-state index is -0.305. The summed E-state index contributed by atoms with van der Waals surface area (Å²) in [4.78, 5) is 25.4. The van der Waals surface area contributed by atoms with E-state index in [1.807, 2.05) is 12.1 Å². The Morgan fingerprint density at radius 2 is 1.83 bits per heavy atom. The third kappa shape index (κ3) is 4.98. The summed E-state index contributed by atoms with van der Waals surface area (Å²) in [7, 11) is 1.77. The first-order chi connectivity index (χ1) is 11.1. The van der Waals surface area contributed by atoms with Crippen LogP contribution >= 0.6 is 0 Å². The minimum Gasteiger partial charge on any atom is -0.459 e. The molecule has 0 bridgehead atoms. The molecule has 0 atom stereocenters. The molecule has 0 aliphatic heterocycles. The average Bonchev–Trinajstić information content (AvgIpc) is 3.10. The first-order valence-corrected chi connectivity index (χ1v) is 7.73. The zero-order chi connectivity index (χ0) is 16.7. The molecule has 2 rings (SSSR count). The van der Waals surface area contributed by atoms with E-state index in [0.29, 0.717) is 6.54 Å². The smallest absolute Gasteiger partial charge is 0.286 e. The zero-order valence-electron chi connectivity index (χ0n) is 13.5.